The number of hydrogen-bond donors (Lipinski definition) is 2. The minimum absolute atomic E-state index is 0. The molecule has 2 N–H and O–H groups in total. The van der Waals surface area contributed by atoms with Crippen LogP contribution in [0.5, 0.6) is 0 Å². The lowest BCUT2D eigenvalue weighted by Crippen LogP contribution is -2.63. The predicted molar refractivity (Wildman–Crippen MR) is 104 cm³/mol. The molecule has 25 heavy (non-hydrogen) atoms. The molecule has 1 aliphatic carbocycles. The van der Waals surface area contributed by atoms with E-state index in [2.05, 4.69) is 24.3 Å². The van der Waals surface area contributed by atoms with Crippen LogP contribution in [0.25, 0.3) is 0 Å². The summed E-state index contributed by atoms with van der Waals surface area (Å²) in [6.45, 7) is 3.36. The van der Waals surface area contributed by atoms with Crippen LogP contribution in [0.3, 0.4) is 0 Å². The Labute approximate surface area is 158 Å². The highest BCUT2D eigenvalue weighted by Gasteiger charge is 2.40. The fraction of sp³-hybridized carbons (Fsp3) is 0.588. The zero-order valence-corrected chi connectivity index (χ0v) is 15.8. The molecule has 2 fully saturated rings. The zero-order chi connectivity index (χ0) is 16.4. The van der Waals surface area contributed by atoms with Crippen molar-refractivity contribution in [2.24, 2.45) is 8.73 Å². The molecule has 1 aromatic rings. The molecule has 0 bridgehead atoms. The van der Waals surface area contributed by atoms with E-state index in [4.69, 9.17) is 0 Å². The molecule has 0 aromatic heterocycles. The lowest BCUT2D eigenvalue weighted by Gasteiger charge is -2.49. The molecule has 0 atom stereocenters. The average Bonchev–Trinajstić information content (AvgIpc) is 3.08. The van der Waals surface area contributed by atoms with E-state index in [9.17, 15) is 4.79 Å². The molecular formula is C17H24ClN5OS. The Hall–Kier alpha value is -1.28. The summed E-state index contributed by atoms with van der Waals surface area (Å²) in [5.74, 6) is 0.0438. The Morgan fingerprint density at radius 3 is 2.96 bits per heavy atom. The SMILES string of the molecule is Cl.O=C(CN1CCNCC12CCCCC2)Nc1cccc2c1N=S=N2. The summed E-state index contributed by atoms with van der Waals surface area (Å²) in [6.07, 6.45) is 6.24. The number of nitrogens with zero attached hydrogens (tertiary/aromatic N) is 3. The molecule has 8 heteroatoms. The predicted octanol–water partition coefficient (Wildman–Crippen LogP) is 3.38. The van der Waals surface area contributed by atoms with Crippen molar-refractivity contribution in [1.82, 2.24) is 10.2 Å². The van der Waals surface area contributed by atoms with Gasteiger partial charge in [-0.3, -0.25) is 9.69 Å². The van der Waals surface area contributed by atoms with Crippen LogP contribution in [0.1, 0.15) is 32.1 Å². The summed E-state index contributed by atoms with van der Waals surface area (Å²) in [6, 6.07) is 5.73. The van der Waals surface area contributed by atoms with Crippen molar-refractivity contribution in [3.05, 3.63) is 18.2 Å². The van der Waals surface area contributed by atoms with Gasteiger partial charge in [0.2, 0.25) is 5.91 Å². The van der Waals surface area contributed by atoms with Gasteiger partial charge in [0.05, 0.1) is 23.6 Å². The van der Waals surface area contributed by atoms with Crippen molar-refractivity contribution < 1.29 is 4.79 Å². The van der Waals surface area contributed by atoms with Crippen LogP contribution < -0.4 is 10.6 Å². The lowest BCUT2D eigenvalue weighted by molar-refractivity contribution is -0.120. The van der Waals surface area contributed by atoms with Gasteiger partial charge in [-0.15, -0.1) is 12.4 Å². The van der Waals surface area contributed by atoms with Gasteiger partial charge in [-0.05, 0) is 25.0 Å². The number of halogens is 1. The summed E-state index contributed by atoms with van der Waals surface area (Å²) in [5.41, 5.74) is 2.55. The molecule has 1 spiro atoms. The van der Waals surface area contributed by atoms with Gasteiger partial charge >= 0.3 is 0 Å². The van der Waals surface area contributed by atoms with Gasteiger partial charge in [-0.2, -0.15) is 8.73 Å². The molecule has 1 aromatic carbocycles. The lowest BCUT2D eigenvalue weighted by atomic mass is 9.79. The molecule has 6 nitrogen and oxygen atoms in total. The average molecular weight is 382 g/mol. The van der Waals surface area contributed by atoms with Crippen LogP contribution in [0.4, 0.5) is 17.1 Å². The highest BCUT2D eigenvalue weighted by Crippen LogP contribution is 2.38. The number of anilines is 1. The summed E-state index contributed by atoms with van der Waals surface area (Å²) in [5, 5.41) is 6.57. The number of amides is 1. The fourth-order valence-electron chi connectivity index (χ4n) is 4.10. The number of rotatable bonds is 3. The van der Waals surface area contributed by atoms with Gasteiger partial charge < -0.3 is 10.6 Å². The van der Waals surface area contributed by atoms with Crippen molar-refractivity contribution in [2.75, 3.05) is 31.5 Å². The van der Waals surface area contributed by atoms with Crippen LogP contribution in [0.2, 0.25) is 0 Å². The Balaban J connectivity index is 0.00000182. The van der Waals surface area contributed by atoms with Gasteiger partial charge in [0.1, 0.15) is 11.4 Å². The van der Waals surface area contributed by atoms with E-state index >= 15 is 0 Å². The molecule has 2 aliphatic heterocycles. The van der Waals surface area contributed by atoms with Gasteiger partial charge in [-0.25, -0.2) is 0 Å². The van der Waals surface area contributed by atoms with E-state index in [-0.39, 0.29) is 23.9 Å². The smallest absolute Gasteiger partial charge is 0.238 e. The number of nitrogens with one attached hydrogen (secondary N) is 2. The number of hydrogen-bond acceptors (Lipinski definition) is 5. The van der Waals surface area contributed by atoms with E-state index in [1.807, 2.05) is 18.2 Å². The maximum atomic E-state index is 12.7. The molecule has 3 aliphatic rings. The molecule has 0 unspecified atom stereocenters. The number of benzene rings is 1. The molecule has 4 rings (SSSR count). The van der Waals surface area contributed by atoms with E-state index in [0.717, 1.165) is 36.7 Å². The maximum absolute atomic E-state index is 12.7. The first kappa shape index (κ1) is 18.5. The van der Waals surface area contributed by atoms with E-state index in [1.165, 1.54) is 43.5 Å². The first-order valence-corrected chi connectivity index (χ1v) is 9.47. The molecule has 1 amide bonds. The topological polar surface area (TPSA) is 69.1 Å². The first-order valence-electron chi connectivity index (χ1n) is 8.74. The van der Waals surface area contributed by atoms with Crippen LogP contribution in [-0.2, 0) is 16.1 Å². The number of piperazine rings is 1. The third-order valence-electron chi connectivity index (χ3n) is 5.36. The summed E-state index contributed by atoms with van der Waals surface area (Å²) in [4.78, 5) is 15.1. The molecule has 1 saturated carbocycles. The molecule has 0 radical (unpaired) electrons. The number of carbonyl (C=O) groups excluding carboxylic acids is 1. The normalized spacial score (nSPS) is 21.3. The molecule has 2 heterocycles. The second-order valence-electron chi connectivity index (χ2n) is 6.87. The Morgan fingerprint density at radius 1 is 1.28 bits per heavy atom. The van der Waals surface area contributed by atoms with Crippen molar-refractivity contribution >= 4 is 46.7 Å². The highest BCUT2D eigenvalue weighted by molar-refractivity contribution is 7.58. The van der Waals surface area contributed by atoms with Crippen molar-refractivity contribution in [1.29, 1.82) is 0 Å². The summed E-state index contributed by atoms with van der Waals surface area (Å²) < 4.78 is 8.53. The number of fused-ring (bicyclic) bond motifs is 1. The minimum Gasteiger partial charge on any atom is -0.323 e. The Kier molecular flexibility index (Phi) is 5.89. The van der Waals surface area contributed by atoms with Crippen LogP contribution in [0.15, 0.2) is 26.9 Å². The van der Waals surface area contributed by atoms with Crippen LogP contribution in [-0.4, -0.2) is 42.5 Å². The first-order chi connectivity index (χ1) is 11.8. The largest absolute Gasteiger partial charge is 0.323 e. The van der Waals surface area contributed by atoms with E-state index < -0.39 is 0 Å². The molecular weight excluding hydrogens is 358 g/mol. The number of carbonyl (C=O) groups is 1. The fourth-order valence-corrected chi connectivity index (χ4v) is 4.65. The maximum Gasteiger partial charge on any atom is 0.238 e. The van der Waals surface area contributed by atoms with Crippen LogP contribution in [0, 0.1) is 0 Å². The second-order valence-corrected chi connectivity index (χ2v) is 7.40. The van der Waals surface area contributed by atoms with Gasteiger partial charge in [0.15, 0.2) is 0 Å². The summed E-state index contributed by atoms with van der Waals surface area (Å²) >= 11 is 1.18. The molecule has 1 saturated heterocycles. The quantitative estimate of drug-likeness (QED) is 0.856. The third-order valence-corrected chi connectivity index (χ3v) is 5.90. The van der Waals surface area contributed by atoms with E-state index in [0.29, 0.717) is 6.54 Å². The summed E-state index contributed by atoms with van der Waals surface area (Å²) in [7, 11) is 0. The van der Waals surface area contributed by atoms with Crippen LogP contribution >= 0.6 is 12.4 Å². The van der Waals surface area contributed by atoms with Gasteiger partial charge in [0, 0.05) is 25.2 Å². The van der Waals surface area contributed by atoms with E-state index in [1.54, 1.807) is 0 Å². The van der Waals surface area contributed by atoms with Crippen molar-refractivity contribution in [3.8, 4) is 0 Å². The molecule has 136 valence electrons. The van der Waals surface area contributed by atoms with Gasteiger partial charge in [0.25, 0.3) is 0 Å². The zero-order valence-electron chi connectivity index (χ0n) is 14.2. The minimum atomic E-state index is 0. The monoisotopic (exact) mass is 381 g/mol. The third kappa shape index (κ3) is 3.79. The van der Waals surface area contributed by atoms with Crippen molar-refractivity contribution in [2.45, 2.75) is 37.6 Å². The van der Waals surface area contributed by atoms with Crippen molar-refractivity contribution in [3.63, 3.8) is 0 Å². The Morgan fingerprint density at radius 2 is 2.12 bits per heavy atom. The van der Waals surface area contributed by atoms with Gasteiger partial charge in [-0.1, -0.05) is 25.3 Å². The second kappa shape index (κ2) is 7.95. The Bertz CT molecular complexity index is 705. The standard InChI is InChI=1S/C17H23N5OS.ClH/c23-15(19-13-5-4-6-14-16(13)21-24-20-14)11-22-10-9-18-12-17(22)7-2-1-3-8-17;/h4-6,18H,1-3,7-12H2,(H,19,23);1H. The highest BCUT2D eigenvalue weighted by atomic mass is 35.5.